The molecule has 1 aromatic carbocycles. The molecular weight excluding hydrogens is 482 g/mol. The highest BCUT2D eigenvalue weighted by Gasteiger charge is 2.45. The van der Waals surface area contributed by atoms with Crippen LogP contribution in [0.4, 0.5) is 13.9 Å². The van der Waals surface area contributed by atoms with Crippen LogP contribution in [0.2, 0.25) is 0 Å². The van der Waals surface area contributed by atoms with E-state index in [0.717, 1.165) is 79.9 Å². The van der Waals surface area contributed by atoms with Gasteiger partial charge in [0.15, 0.2) is 5.13 Å². The monoisotopic (exact) mass is 514 g/mol. The topological polar surface area (TPSA) is 66.3 Å². The number of nitrogens with zero attached hydrogens (tertiary/aromatic N) is 5. The predicted octanol–water partition coefficient (Wildman–Crippen LogP) is 4.22. The van der Waals surface area contributed by atoms with Gasteiger partial charge in [0.2, 0.25) is 0 Å². The number of aromatic nitrogens is 3. The first-order valence-electron chi connectivity index (χ1n) is 12.9. The number of benzene rings is 1. The molecule has 0 atom stereocenters. The molecule has 36 heavy (non-hydrogen) atoms. The molecule has 1 aliphatic carbocycles. The van der Waals surface area contributed by atoms with Gasteiger partial charge in [-0.3, -0.25) is 14.4 Å². The van der Waals surface area contributed by atoms with E-state index in [9.17, 15) is 13.6 Å². The number of aryl methyl sites for hydroxylation is 1. The van der Waals surface area contributed by atoms with Gasteiger partial charge in [0.1, 0.15) is 5.52 Å². The van der Waals surface area contributed by atoms with E-state index in [0.29, 0.717) is 11.5 Å². The number of carbonyl (C=O) groups excluding carboxylic acids is 1. The summed E-state index contributed by atoms with van der Waals surface area (Å²) < 4.78 is 28.2. The molecule has 0 spiro atoms. The third-order valence-corrected chi connectivity index (χ3v) is 9.06. The van der Waals surface area contributed by atoms with E-state index in [1.54, 1.807) is 20.9 Å². The zero-order valence-electron chi connectivity index (χ0n) is 20.6. The molecule has 1 saturated heterocycles. The van der Waals surface area contributed by atoms with E-state index in [-0.39, 0.29) is 25.0 Å². The molecule has 6 rings (SSSR count). The summed E-state index contributed by atoms with van der Waals surface area (Å²) in [6.45, 7) is 2.46. The number of fused-ring (bicyclic) bond motifs is 2. The summed E-state index contributed by atoms with van der Waals surface area (Å²) >= 11 is 1.59. The molecule has 1 N–H and O–H groups in total. The SMILES string of the molecule is Cn1cc2cccc(C(=O)NC3CCC(CCN4CCc5sc(N6CC(F)(F)C6)nc5C4)CC3)c2n1. The summed E-state index contributed by atoms with van der Waals surface area (Å²) in [5.41, 5.74) is 2.48. The Morgan fingerprint density at radius 2 is 2.03 bits per heavy atom. The number of carbonyl (C=O) groups is 1. The number of amides is 1. The molecular formula is C26H32F2N6OS. The van der Waals surface area contributed by atoms with E-state index in [1.807, 2.05) is 31.4 Å². The second-order valence-electron chi connectivity index (χ2n) is 10.6. The molecule has 10 heteroatoms. The Bertz CT molecular complexity index is 1260. The maximum Gasteiger partial charge on any atom is 0.282 e. The van der Waals surface area contributed by atoms with Gasteiger partial charge < -0.3 is 10.2 Å². The Kier molecular flexibility index (Phi) is 6.19. The lowest BCUT2D eigenvalue weighted by atomic mass is 9.84. The molecule has 2 aliphatic heterocycles. The number of hydrogen-bond acceptors (Lipinski definition) is 6. The summed E-state index contributed by atoms with van der Waals surface area (Å²) in [5, 5.41) is 9.44. The summed E-state index contributed by atoms with van der Waals surface area (Å²) in [6, 6.07) is 5.96. The van der Waals surface area contributed by atoms with Gasteiger partial charge in [-0.1, -0.05) is 12.1 Å². The Hall–Kier alpha value is -2.59. The zero-order valence-corrected chi connectivity index (χ0v) is 21.4. The standard InChI is InChI=1S/C26H32F2N6OS/c1-32-13-18-3-2-4-20(23(18)31-32)24(35)29-19-7-5-17(6-8-19)9-11-33-12-10-22-21(14-33)30-25(36-22)34-15-26(27,28)16-34/h2-4,13,17,19H,5-12,14-16H2,1H3,(H,29,35). The number of nitrogens with one attached hydrogen (secondary N) is 1. The predicted molar refractivity (Wildman–Crippen MR) is 137 cm³/mol. The molecule has 1 amide bonds. The lowest BCUT2D eigenvalue weighted by Crippen LogP contribution is -2.56. The minimum Gasteiger partial charge on any atom is -0.349 e. The highest BCUT2D eigenvalue weighted by atomic mass is 32.1. The van der Waals surface area contributed by atoms with Gasteiger partial charge in [0, 0.05) is 42.6 Å². The summed E-state index contributed by atoms with van der Waals surface area (Å²) in [4.78, 5) is 23.0. The summed E-state index contributed by atoms with van der Waals surface area (Å²) in [6.07, 6.45) is 8.31. The first-order chi connectivity index (χ1) is 17.3. The molecule has 0 radical (unpaired) electrons. The average Bonchev–Trinajstić information content (AvgIpc) is 3.43. The van der Waals surface area contributed by atoms with Crippen LogP contribution in [-0.4, -0.2) is 63.7 Å². The second kappa shape index (κ2) is 9.37. The zero-order chi connectivity index (χ0) is 24.9. The van der Waals surface area contributed by atoms with Gasteiger partial charge >= 0.3 is 0 Å². The molecule has 0 unspecified atom stereocenters. The van der Waals surface area contributed by atoms with E-state index in [4.69, 9.17) is 0 Å². The number of hydrogen-bond donors (Lipinski definition) is 1. The van der Waals surface area contributed by atoms with Gasteiger partial charge in [0.25, 0.3) is 11.8 Å². The number of anilines is 1. The minimum absolute atomic E-state index is 0.0311. The van der Waals surface area contributed by atoms with Crippen LogP contribution in [0, 0.1) is 5.92 Å². The van der Waals surface area contributed by atoms with Crippen LogP contribution >= 0.6 is 11.3 Å². The van der Waals surface area contributed by atoms with Crippen molar-refractivity contribution in [2.45, 2.75) is 57.0 Å². The van der Waals surface area contributed by atoms with E-state index in [1.165, 1.54) is 4.88 Å². The first-order valence-corrected chi connectivity index (χ1v) is 13.7. The lowest BCUT2D eigenvalue weighted by molar-refractivity contribution is -0.0263. The molecule has 2 aromatic heterocycles. The summed E-state index contributed by atoms with van der Waals surface area (Å²) in [7, 11) is 1.87. The summed E-state index contributed by atoms with van der Waals surface area (Å²) in [5.74, 6) is -1.92. The van der Waals surface area contributed by atoms with Gasteiger partial charge in [-0.2, -0.15) is 5.10 Å². The van der Waals surface area contributed by atoms with Gasteiger partial charge in [-0.15, -0.1) is 11.3 Å². The Labute approximate surface area is 213 Å². The van der Waals surface area contributed by atoms with Crippen molar-refractivity contribution in [3.05, 3.63) is 40.5 Å². The van der Waals surface area contributed by atoms with Crippen molar-refractivity contribution in [2.24, 2.45) is 13.0 Å². The Morgan fingerprint density at radius 3 is 2.81 bits per heavy atom. The fourth-order valence-corrected chi connectivity index (χ4v) is 6.84. The smallest absolute Gasteiger partial charge is 0.282 e. The Morgan fingerprint density at radius 1 is 1.22 bits per heavy atom. The molecule has 4 heterocycles. The number of rotatable bonds is 6. The molecule has 3 aromatic rings. The van der Waals surface area contributed by atoms with Crippen LogP contribution in [0.3, 0.4) is 0 Å². The van der Waals surface area contributed by atoms with E-state index in [2.05, 4.69) is 20.3 Å². The number of alkyl halides is 2. The normalized spacial score (nSPS) is 23.9. The van der Waals surface area contributed by atoms with Crippen molar-refractivity contribution in [1.29, 1.82) is 0 Å². The van der Waals surface area contributed by atoms with Gasteiger partial charge in [-0.25, -0.2) is 13.8 Å². The maximum atomic E-state index is 13.2. The molecule has 3 aliphatic rings. The average molecular weight is 515 g/mol. The molecule has 0 bridgehead atoms. The van der Waals surface area contributed by atoms with Crippen LogP contribution in [-0.2, 0) is 20.0 Å². The highest BCUT2D eigenvalue weighted by molar-refractivity contribution is 7.15. The molecule has 1 saturated carbocycles. The van der Waals surface area contributed by atoms with Crippen molar-refractivity contribution < 1.29 is 13.6 Å². The number of halogens is 2. The highest BCUT2D eigenvalue weighted by Crippen LogP contribution is 2.37. The van der Waals surface area contributed by atoms with Gasteiger partial charge in [0.05, 0.1) is 24.3 Å². The third kappa shape index (κ3) is 4.85. The number of thiazole rings is 1. The minimum atomic E-state index is -2.56. The molecule has 192 valence electrons. The van der Waals surface area contributed by atoms with Crippen LogP contribution in [0.1, 0.15) is 53.0 Å². The fourth-order valence-electron chi connectivity index (χ4n) is 5.78. The maximum absolute atomic E-state index is 13.2. The van der Waals surface area contributed by atoms with Crippen LogP contribution in [0.15, 0.2) is 24.4 Å². The van der Waals surface area contributed by atoms with Crippen molar-refractivity contribution >= 4 is 33.3 Å². The largest absolute Gasteiger partial charge is 0.349 e. The second-order valence-corrected chi connectivity index (χ2v) is 11.7. The van der Waals surface area contributed by atoms with E-state index < -0.39 is 5.92 Å². The Balaban J connectivity index is 0.959. The van der Waals surface area contributed by atoms with Crippen molar-refractivity contribution in [3.63, 3.8) is 0 Å². The van der Waals surface area contributed by atoms with E-state index >= 15 is 0 Å². The van der Waals surface area contributed by atoms with Crippen molar-refractivity contribution in [2.75, 3.05) is 31.1 Å². The first kappa shape index (κ1) is 23.8. The van der Waals surface area contributed by atoms with Crippen LogP contribution in [0.25, 0.3) is 10.9 Å². The third-order valence-electron chi connectivity index (χ3n) is 7.84. The van der Waals surface area contributed by atoms with Crippen molar-refractivity contribution in [1.82, 2.24) is 25.0 Å². The van der Waals surface area contributed by atoms with Crippen LogP contribution < -0.4 is 10.2 Å². The van der Waals surface area contributed by atoms with Crippen LogP contribution in [0.5, 0.6) is 0 Å². The molecule has 2 fully saturated rings. The quantitative estimate of drug-likeness (QED) is 0.534. The molecule has 7 nitrogen and oxygen atoms in total. The van der Waals surface area contributed by atoms with Gasteiger partial charge in [-0.05, 0) is 57.1 Å². The fraction of sp³-hybridized carbons (Fsp3) is 0.577. The van der Waals surface area contributed by atoms with Crippen molar-refractivity contribution in [3.8, 4) is 0 Å². The lowest BCUT2D eigenvalue weighted by Gasteiger charge is -2.38.